The van der Waals surface area contributed by atoms with Crippen molar-refractivity contribution in [1.29, 1.82) is 0 Å². The standard InChI is InChI=1S/C12H12F5NO2/c1-2-20-6-9(19)18-11(12(15,16)17)7-4-3-5-8(13)10(7)14/h3-5,11H,2,6H2,1H3,(H,18,19)/t11-/m0/s1. The quantitative estimate of drug-likeness (QED) is 0.849. The van der Waals surface area contributed by atoms with Crippen LogP contribution in [0, 0.1) is 11.6 Å². The first-order chi connectivity index (χ1) is 9.27. The zero-order valence-corrected chi connectivity index (χ0v) is 10.4. The lowest BCUT2D eigenvalue weighted by molar-refractivity contribution is -0.165. The van der Waals surface area contributed by atoms with E-state index >= 15 is 0 Å². The SMILES string of the molecule is CCOCC(=O)N[C@@H](c1cccc(F)c1F)C(F)(F)F. The largest absolute Gasteiger partial charge is 0.412 e. The van der Waals surface area contributed by atoms with Gasteiger partial charge in [-0.3, -0.25) is 4.79 Å². The monoisotopic (exact) mass is 297 g/mol. The number of rotatable bonds is 5. The summed E-state index contributed by atoms with van der Waals surface area (Å²) in [6.07, 6.45) is -4.96. The van der Waals surface area contributed by atoms with Crippen molar-refractivity contribution in [3.63, 3.8) is 0 Å². The van der Waals surface area contributed by atoms with Gasteiger partial charge in [0.25, 0.3) is 0 Å². The van der Waals surface area contributed by atoms with E-state index in [-0.39, 0.29) is 6.61 Å². The van der Waals surface area contributed by atoms with Gasteiger partial charge in [-0.15, -0.1) is 0 Å². The minimum Gasteiger partial charge on any atom is -0.372 e. The molecule has 0 radical (unpaired) electrons. The highest BCUT2D eigenvalue weighted by molar-refractivity contribution is 5.77. The van der Waals surface area contributed by atoms with E-state index in [1.165, 1.54) is 0 Å². The average Bonchev–Trinajstić information content (AvgIpc) is 2.36. The fraction of sp³-hybridized carbons (Fsp3) is 0.417. The van der Waals surface area contributed by atoms with Crippen molar-refractivity contribution in [3.8, 4) is 0 Å². The van der Waals surface area contributed by atoms with E-state index in [4.69, 9.17) is 0 Å². The van der Waals surface area contributed by atoms with E-state index in [9.17, 15) is 26.7 Å². The van der Waals surface area contributed by atoms with E-state index in [0.717, 1.165) is 12.1 Å². The maximum Gasteiger partial charge on any atom is 0.412 e. The molecule has 1 aromatic rings. The van der Waals surface area contributed by atoms with Crippen LogP contribution >= 0.6 is 0 Å². The van der Waals surface area contributed by atoms with Gasteiger partial charge >= 0.3 is 6.18 Å². The van der Waals surface area contributed by atoms with E-state index in [2.05, 4.69) is 4.74 Å². The van der Waals surface area contributed by atoms with Crippen LogP contribution in [0.4, 0.5) is 22.0 Å². The second-order valence-electron chi connectivity index (χ2n) is 3.82. The first-order valence-corrected chi connectivity index (χ1v) is 5.65. The zero-order chi connectivity index (χ0) is 15.3. The fourth-order valence-corrected chi connectivity index (χ4v) is 1.48. The molecule has 20 heavy (non-hydrogen) atoms. The molecule has 0 spiro atoms. The molecule has 0 bridgehead atoms. The summed E-state index contributed by atoms with van der Waals surface area (Å²) in [7, 11) is 0. The van der Waals surface area contributed by atoms with Crippen LogP contribution in [-0.2, 0) is 9.53 Å². The molecule has 1 rings (SSSR count). The maximum atomic E-state index is 13.4. The Balaban J connectivity index is 3.02. The van der Waals surface area contributed by atoms with Gasteiger partial charge in [0.2, 0.25) is 5.91 Å². The van der Waals surface area contributed by atoms with Crippen LogP contribution < -0.4 is 5.32 Å². The molecule has 0 aromatic heterocycles. The summed E-state index contributed by atoms with van der Waals surface area (Å²) in [6, 6.07) is -0.251. The highest BCUT2D eigenvalue weighted by Gasteiger charge is 2.43. The topological polar surface area (TPSA) is 38.3 Å². The van der Waals surface area contributed by atoms with E-state index in [1.54, 1.807) is 12.2 Å². The summed E-state index contributed by atoms with van der Waals surface area (Å²) in [5.41, 5.74) is -0.984. The van der Waals surface area contributed by atoms with Gasteiger partial charge in [-0.25, -0.2) is 8.78 Å². The van der Waals surface area contributed by atoms with Gasteiger partial charge in [0.1, 0.15) is 6.61 Å². The Morgan fingerprint density at radius 1 is 1.35 bits per heavy atom. The van der Waals surface area contributed by atoms with Crippen molar-refractivity contribution < 1.29 is 31.5 Å². The molecule has 0 aliphatic rings. The molecule has 0 aliphatic carbocycles. The summed E-state index contributed by atoms with van der Waals surface area (Å²) >= 11 is 0. The minimum absolute atomic E-state index is 0.137. The van der Waals surface area contributed by atoms with Crippen molar-refractivity contribution in [2.75, 3.05) is 13.2 Å². The fourth-order valence-electron chi connectivity index (χ4n) is 1.48. The van der Waals surface area contributed by atoms with Gasteiger partial charge in [-0.2, -0.15) is 13.2 Å². The third-order valence-corrected chi connectivity index (χ3v) is 2.36. The number of benzene rings is 1. The zero-order valence-electron chi connectivity index (χ0n) is 10.4. The van der Waals surface area contributed by atoms with Crippen LogP contribution in [0.3, 0.4) is 0 Å². The smallest absolute Gasteiger partial charge is 0.372 e. The molecule has 3 nitrogen and oxygen atoms in total. The number of carbonyl (C=O) groups excluding carboxylic acids is 1. The predicted octanol–water partition coefficient (Wildman–Crippen LogP) is 2.72. The van der Waals surface area contributed by atoms with Crippen LogP contribution in [-0.4, -0.2) is 25.3 Å². The number of hydrogen-bond acceptors (Lipinski definition) is 2. The lowest BCUT2D eigenvalue weighted by Crippen LogP contribution is -2.40. The molecular formula is C12H12F5NO2. The molecule has 1 amide bonds. The van der Waals surface area contributed by atoms with Gasteiger partial charge < -0.3 is 10.1 Å². The van der Waals surface area contributed by atoms with Crippen molar-refractivity contribution in [1.82, 2.24) is 5.32 Å². The second-order valence-corrected chi connectivity index (χ2v) is 3.82. The van der Waals surface area contributed by atoms with Crippen molar-refractivity contribution in [2.45, 2.75) is 19.1 Å². The average molecular weight is 297 g/mol. The molecule has 112 valence electrons. The van der Waals surface area contributed by atoms with E-state index in [1.807, 2.05) is 0 Å². The molecule has 1 atom stereocenters. The molecule has 1 N–H and O–H groups in total. The van der Waals surface area contributed by atoms with Crippen molar-refractivity contribution in [2.24, 2.45) is 0 Å². The number of alkyl halides is 3. The normalized spacial score (nSPS) is 13.1. The molecule has 0 saturated carbocycles. The van der Waals surface area contributed by atoms with Crippen LogP contribution in [0.2, 0.25) is 0 Å². The lowest BCUT2D eigenvalue weighted by Gasteiger charge is -2.22. The summed E-state index contributed by atoms with van der Waals surface area (Å²) in [4.78, 5) is 11.3. The number of halogens is 5. The Kier molecular flexibility index (Phi) is 5.43. The summed E-state index contributed by atoms with van der Waals surface area (Å²) in [5.74, 6) is -4.14. The van der Waals surface area contributed by atoms with Gasteiger partial charge in [0.15, 0.2) is 17.7 Å². The number of amides is 1. The Hall–Kier alpha value is -1.70. The van der Waals surface area contributed by atoms with Gasteiger partial charge in [0.05, 0.1) is 0 Å². The van der Waals surface area contributed by atoms with Crippen LogP contribution in [0.15, 0.2) is 18.2 Å². The van der Waals surface area contributed by atoms with Gasteiger partial charge in [-0.1, -0.05) is 12.1 Å². The summed E-state index contributed by atoms with van der Waals surface area (Å²) < 4.78 is 69.6. The first-order valence-electron chi connectivity index (χ1n) is 5.65. The molecule has 0 heterocycles. The van der Waals surface area contributed by atoms with Gasteiger partial charge in [-0.05, 0) is 13.0 Å². The maximum absolute atomic E-state index is 13.4. The molecule has 0 unspecified atom stereocenters. The number of ether oxygens (including phenoxy) is 1. The van der Waals surface area contributed by atoms with Crippen molar-refractivity contribution in [3.05, 3.63) is 35.4 Å². The second kappa shape index (κ2) is 6.65. The predicted molar refractivity (Wildman–Crippen MR) is 59.8 cm³/mol. The Labute approximate surface area is 111 Å². The Bertz CT molecular complexity index is 475. The van der Waals surface area contributed by atoms with Crippen molar-refractivity contribution >= 4 is 5.91 Å². The minimum atomic E-state index is -4.96. The highest BCUT2D eigenvalue weighted by Crippen LogP contribution is 2.34. The molecule has 1 aromatic carbocycles. The van der Waals surface area contributed by atoms with E-state index < -0.39 is 41.9 Å². The molecule has 8 heteroatoms. The molecule has 0 aliphatic heterocycles. The van der Waals surface area contributed by atoms with Crippen LogP contribution in [0.25, 0.3) is 0 Å². The lowest BCUT2D eigenvalue weighted by atomic mass is 10.1. The number of nitrogens with one attached hydrogen (secondary N) is 1. The first kappa shape index (κ1) is 16.4. The molecular weight excluding hydrogens is 285 g/mol. The molecule has 0 saturated heterocycles. The highest BCUT2D eigenvalue weighted by atomic mass is 19.4. The third-order valence-electron chi connectivity index (χ3n) is 2.36. The van der Waals surface area contributed by atoms with Crippen LogP contribution in [0.1, 0.15) is 18.5 Å². The Morgan fingerprint density at radius 3 is 2.55 bits per heavy atom. The Morgan fingerprint density at radius 2 is 2.00 bits per heavy atom. The number of hydrogen-bond donors (Lipinski definition) is 1. The van der Waals surface area contributed by atoms with Gasteiger partial charge in [0, 0.05) is 12.2 Å². The van der Waals surface area contributed by atoms with Crippen LogP contribution in [0.5, 0.6) is 0 Å². The molecule has 0 fully saturated rings. The summed E-state index contributed by atoms with van der Waals surface area (Å²) in [5, 5.41) is 1.58. The number of carbonyl (C=O) groups is 1. The third kappa shape index (κ3) is 4.16. The van der Waals surface area contributed by atoms with E-state index in [0.29, 0.717) is 6.07 Å². The summed E-state index contributed by atoms with van der Waals surface area (Å²) in [6.45, 7) is 1.10.